The number of benzene rings is 1. The molecule has 0 aliphatic carbocycles. The number of aromatic amines is 1. The van der Waals surface area contributed by atoms with Crippen LogP contribution in [0.4, 0.5) is 13.2 Å². The Kier molecular flexibility index (Phi) is 2.22. The fourth-order valence-corrected chi connectivity index (χ4v) is 1.24. The Morgan fingerprint density at radius 1 is 1.07 bits per heavy atom. The number of rotatable bonds is 1. The van der Waals surface area contributed by atoms with E-state index in [1.807, 2.05) is 0 Å². The van der Waals surface area contributed by atoms with Crippen molar-refractivity contribution in [1.29, 1.82) is 0 Å². The lowest BCUT2D eigenvalue weighted by Crippen LogP contribution is -2.04. The van der Waals surface area contributed by atoms with E-state index in [4.69, 9.17) is 0 Å². The first-order valence-electron chi connectivity index (χ1n) is 4.24. The minimum absolute atomic E-state index is 0.559. The van der Waals surface area contributed by atoms with E-state index in [1.165, 1.54) is 12.1 Å². The number of hydrogen-bond acceptors (Lipinski definition) is 1. The van der Waals surface area contributed by atoms with Crippen LogP contribution in [0, 0.1) is 0 Å². The maximum absolute atomic E-state index is 12.2. The fraction of sp³-hybridized carbons (Fsp3) is 0.100. The highest BCUT2D eigenvalue weighted by Gasteiger charge is 2.29. The van der Waals surface area contributed by atoms with E-state index in [0.717, 1.165) is 12.1 Å². The Morgan fingerprint density at radius 3 is 2.20 bits per heavy atom. The number of nitrogens with zero attached hydrogens (tertiary/aromatic N) is 1. The van der Waals surface area contributed by atoms with Gasteiger partial charge in [0.25, 0.3) is 0 Å². The van der Waals surface area contributed by atoms with E-state index in [2.05, 4.69) is 9.97 Å². The second-order valence-electron chi connectivity index (χ2n) is 3.01. The van der Waals surface area contributed by atoms with E-state index >= 15 is 0 Å². The molecule has 0 atom stereocenters. The second kappa shape index (κ2) is 3.42. The van der Waals surface area contributed by atoms with E-state index in [-0.39, 0.29) is 0 Å². The van der Waals surface area contributed by atoms with Crippen molar-refractivity contribution in [2.75, 3.05) is 0 Å². The van der Waals surface area contributed by atoms with Gasteiger partial charge in [-0.15, -0.1) is 0 Å². The van der Waals surface area contributed by atoms with Gasteiger partial charge in [-0.25, -0.2) is 4.98 Å². The van der Waals surface area contributed by atoms with Gasteiger partial charge in [-0.2, -0.15) is 13.2 Å². The van der Waals surface area contributed by atoms with E-state index in [0.29, 0.717) is 11.4 Å². The molecule has 5 heteroatoms. The van der Waals surface area contributed by atoms with Crippen molar-refractivity contribution in [1.82, 2.24) is 9.97 Å². The molecule has 0 aliphatic heterocycles. The molecule has 1 aromatic carbocycles. The number of imidazole rings is 1. The molecule has 0 saturated carbocycles. The van der Waals surface area contributed by atoms with Crippen molar-refractivity contribution in [2.24, 2.45) is 0 Å². The SMILES string of the molecule is FC(F)(F)c1ccc(-c2ncc[nH]2)cc1. The van der Waals surface area contributed by atoms with Gasteiger partial charge in [0.1, 0.15) is 5.82 Å². The molecule has 15 heavy (non-hydrogen) atoms. The predicted octanol–water partition coefficient (Wildman–Crippen LogP) is 3.10. The molecule has 0 spiro atoms. The maximum atomic E-state index is 12.2. The predicted molar refractivity (Wildman–Crippen MR) is 49.0 cm³/mol. The van der Waals surface area contributed by atoms with Gasteiger partial charge < -0.3 is 4.98 Å². The average Bonchev–Trinajstić information content (AvgIpc) is 2.69. The third-order valence-electron chi connectivity index (χ3n) is 1.98. The second-order valence-corrected chi connectivity index (χ2v) is 3.01. The van der Waals surface area contributed by atoms with Crippen molar-refractivity contribution >= 4 is 0 Å². The van der Waals surface area contributed by atoms with Crippen molar-refractivity contribution in [3.05, 3.63) is 42.2 Å². The molecule has 0 radical (unpaired) electrons. The van der Waals surface area contributed by atoms with Gasteiger partial charge in [-0.1, -0.05) is 12.1 Å². The summed E-state index contributed by atoms with van der Waals surface area (Å²) in [5.41, 5.74) is -0.0224. The summed E-state index contributed by atoms with van der Waals surface area (Å²) in [4.78, 5) is 6.76. The van der Waals surface area contributed by atoms with Gasteiger partial charge in [-0.05, 0) is 12.1 Å². The van der Waals surface area contributed by atoms with Gasteiger partial charge in [0, 0.05) is 18.0 Å². The number of alkyl halides is 3. The first-order valence-corrected chi connectivity index (χ1v) is 4.24. The lowest BCUT2D eigenvalue weighted by molar-refractivity contribution is -0.137. The van der Waals surface area contributed by atoms with Gasteiger partial charge in [-0.3, -0.25) is 0 Å². The van der Waals surface area contributed by atoms with Crippen molar-refractivity contribution in [3.63, 3.8) is 0 Å². The molecule has 0 saturated heterocycles. The molecule has 1 aromatic heterocycles. The van der Waals surface area contributed by atoms with Crippen LogP contribution in [0.3, 0.4) is 0 Å². The summed E-state index contributed by atoms with van der Waals surface area (Å²) in [7, 11) is 0. The van der Waals surface area contributed by atoms with Gasteiger partial charge >= 0.3 is 6.18 Å². The van der Waals surface area contributed by atoms with Crippen molar-refractivity contribution in [2.45, 2.75) is 6.18 Å². The number of nitrogens with one attached hydrogen (secondary N) is 1. The molecular weight excluding hydrogens is 205 g/mol. The Labute approximate surface area is 83.8 Å². The van der Waals surface area contributed by atoms with Crippen LogP contribution < -0.4 is 0 Å². The van der Waals surface area contributed by atoms with Crippen LogP contribution >= 0.6 is 0 Å². The Balaban J connectivity index is 2.33. The molecule has 0 unspecified atom stereocenters. The highest BCUT2D eigenvalue weighted by molar-refractivity contribution is 5.55. The Hall–Kier alpha value is -1.78. The zero-order valence-corrected chi connectivity index (χ0v) is 7.55. The van der Waals surface area contributed by atoms with E-state index in [9.17, 15) is 13.2 Å². The van der Waals surface area contributed by atoms with Crippen LogP contribution in [0.1, 0.15) is 5.56 Å². The number of hydrogen-bond donors (Lipinski definition) is 1. The van der Waals surface area contributed by atoms with Crippen LogP contribution in [0.5, 0.6) is 0 Å². The third kappa shape index (κ3) is 2.01. The topological polar surface area (TPSA) is 28.7 Å². The largest absolute Gasteiger partial charge is 0.416 e. The molecule has 0 aliphatic rings. The van der Waals surface area contributed by atoms with E-state index in [1.54, 1.807) is 12.4 Å². The molecule has 0 bridgehead atoms. The standard InChI is InChI=1S/C10H7F3N2/c11-10(12,13)8-3-1-7(2-4-8)9-14-5-6-15-9/h1-6H,(H,14,15). The zero-order valence-electron chi connectivity index (χ0n) is 7.55. The lowest BCUT2D eigenvalue weighted by Gasteiger charge is -2.06. The molecular formula is C10H7F3N2. The maximum Gasteiger partial charge on any atom is 0.416 e. The fourth-order valence-electron chi connectivity index (χ4n) is 1.24. The number of aromatic nitrogens is 2. The molecule has 2 aromatic rings. The summed E-state index contributed by atoms with van der Waals surface area (Å²) in [6.07, 6.45) is -1.12. The smallest absolute Gasteiger partial charge is 0.345 e. The normalized spacial score (nSPS) is 11.7. The molecule has 1 N–H and O–H groups in total. The van der Waals surface area contributed by atoms with Crippen LogP contribution in [-0.4, -0.2) is 9.97 Å². The summed E-state index contributed by atoms with van der Waals surface area (Å²) in [5, 5.41) is 0. The zero-order chi connectivity index (χ0) is 10.9. The first kappa shape index (κ1) is 9.76. The molecule has 0 fully saturated rings. The van der Waals surface area contributed by atoms with Crippen LogP contribution in [0.25, 0.3) is 11.4 Å². The van der Waals surface area contributed by atoms with Crippen molar-refractivity contribution < 1.29 is 13.2 Å². The highest BCUT2D eigenvalue weighted by Crippen LogP contribution is 2.30. The van der Waals surface area contributed by atoms with Crippen LogP contribution in [0.2, 0.25) is 0 Å². The molecule has 2 nitrogen and oxygen atoms in total. The lowest BCUT2D eigenvalue weighted by atomic mass is 10.1. The number of H-pyrrole nitrogens is 1. The van der Waals surface area contributed by atoms with Crippen molar-refractivity contribution in [3.8, 4) is 11.4 Å². The average molecular weight is 212 g/mol. The molecule has 78 valence electrons. The van der Waals surface area contributed by atoms with Gasteiger partial charge in [0.2, 0.25) is 0 Å². The molecule has 1 heterocycles. The molecule has 0 amide bonds. The minimum Gasteiger partial charge on any atom is -0.345 e. The summed E-state index contributed by atoms with van der Waals surface area (Å²) in [5.74, 6) is 0.559. The Bertz CT molecular complexity index is 429. The summed E-state index contributed by atoms with van der Waals surface area (Å²) >= 11 is 0. The monoisotopic (exact) mass is 212 g/mol. The van der Waals surface area contributed by atoms with Crippen LogP contribution in [0.15, 0.2) is 36.7 Å². The Morgan fingerprint density at radius 2 is 1.73 bits per heavy atom. The minimum atomic E-state index is -4.29. The third-order valence-corrected chi connectivity index (χ3v) is 1.98. The van der Waals surface area contributed by atoms with E-state index < -0.39 is 11.7 Å². The van der Waals surface area contributed by atoms with Gasteiger partial charge in [0.05, 0.1) is 5.56 Å². The quantitative estimate of drug-likeness (QED) is 0.773. The first-order chi connectivity index (χ1) is 7.07. The summed E-state index contributed by atoms with van der Waals surface area (Å²) in [6.45, 7) is 0. The number of halogens is 3. The van der Waals surface area contributed by atoms with Gasteiger partial charge in [0.15, 0.2) is 0 Å². The molecule has 2 rings (SSSR count). The summed E-state index contributed by atoms with van der Waals surface area (Å²) in [6, 6.07) is 4.86. The summed E-state index contributed by atoms with van der Waals surface area (Å²) < 4.78 is 36.7. The highest BCUT2D eigenvalue weighted by atomic mass is 19.4. The van der Waals surface area contributed by atoms with Crippen LogP contribution in [-0.2, 0) is 6.18 Å².